The Morgan fingerprint density at radius 3 is 2.63 bits per heavy atom. The number of amides is 1. The zero-order chi connectivity index (χ0) is 24.5. The molecular weight excluding hydrogens is 454 g/mol. The van der Waals surface area contributed by atoms with E-state index in [-0.39, 0.29) is 5.91 Å². The molecule has 0 saturated heterocycles. The van der Waals surface area contributed by atoms with Gasteiger partial charge in [-0.2, -0.15) is 0 Å². The van der Waals surface area contributed by atoms with E-state index in [9.17, 15) is 4.79 Å². The number of nitrogens with one attached hydrogen (secondary N) is 1. The fourth-order valence-corrected chi connectivity index (χ4v) is 6.07. The third-order valence-electron chi connectivity index (χ3n) is 6.79. The smallest absolute Gasteiger partial charge is 0.267 e. The van der Waals surface area contributed by atoms with E-state index >= 15 is 0 Å². The summed E-state index contributed by atoms with van der Waals surface area (Å²) in [6.45, 7) is 6.72. The molecule has 0 spiro atoms. The zero-order valence-corrected chi connectivity index (χ0v) is 21.3. The molecule has 35 heavy (non-hydrogen) atoms. The van der Waals surface area contributed by atoms with Gasteiger partial charge in [-0.1, -0.05) is 37.3 Å². The number of nitrogen functional groups attached to an aromatic ring is 1. The maximum Gasteiger partial charge on any atom is 0.267 e. The summed E-state index contributed by atoms with van der Waals surface area (Å²) in [5.41, 5.74) is 14.9. The molecule has 4 aromatic rings. The van der Waals surface area contributed by atoms with Crippen LogP contribution in [0.2, 0.25) is 0 Å². The predicted octanol–water partition coefficient (Wildman–Crippen LogP) is 6.95. The Morgan fingerprint density at radius 2 is 1.89 bits per heavy atom. The number of carbonyl (C=O) groups is 1. The normalized spacial score (nSPS) is 13.0. The molecule has 1 amide bonds. The van der Waals surface area contributed by atoms with E-state index in [1.807, 2.05) is 38.1 Å². The Bertz CT molecular complexity index is 1410. The average molecular weight is 486 g/mol. The molecule has 0 radical (unpaired) electrons. The summed E-state index contributed by atoms with van der Waals surface area (Å²) < 4.78 is 5.65. The van der Waals surface area contributed by atoms with Crippen LogP contribution in [0.1, 0.15) is 58.7 Å². The summed E-state index contributed by atoms with van der Waals surface area (Å²) in [7, 11) is 0. The van der Waals surface area contributed by atoms with Crippen molar-refractivity contribution in [3.63, 3.8) is 0 Å². The minimum atomic E-state index is -0.176. The van der Waals surface area contributed by atoms with Crippen LogP contribution in [0, 0.1) is 6.92 Å². The highest BCUT2D eigenvalue weighted by Crippen LogP contribution is 2.44. The number of nitrogens with zero attached hydrogens (tertiary/aromatic N) is 1. The average Bonchev–Trinajstić information content (AvgIpc) is 3.20. The van der Waals surface area contributed by atoms with E-state index in [1.165, 1.54) is 16.9 Å². The topological polar surface area (TPSA) is 77.2 Å². The first-order valence-electron chi connectivity index (χ1n) is 12.4. The molecule has 1 aliphatic carbocycles. The Hall–Kier alpha value is -3.38. The van der Waals surface area contributed by atoms with Gasteiger partial charge in [0.25, 0.3) is 5.91 Å². The number of hydrogen-bond donors (Lipinski definition) is 2. The largest absolute Gasteiger partial charge is 0.494 e. The standard InChI is InChI=1S/C29H31N3O2S/c1-4-18-10-8-9-17(3)26(18)32-28(33)27-25(30)24-23(19-13-15-20(16-14-19)34-5-2)21-11-6-7-12-22(21)31-29(24)35-27/h8-10,13-16H,4-7,11-12,30H2,1-3H3,(H,32,33). The summed E-state index contributed by atoms with van der Waals surface area (Å²) >= 11 is 1.39. The number of rotatable bonds is 6. The number of nitrogens with two attached hydrogens (primary N) is 1. The van der Waals surface area contributed by atoms with Crippen molar-refractivity contribution < 1.29 is 9.53 Å². The molecule has 2 heterocycles. The Kier molecular flexibility index (Phi) is 6.48. The number of anilines is 2. The van der Waals surface area contributed by atoms with E-state index in [2.05, 4.69) is 30.4 Å². The minimum Gasteiger partial charge on any atom is -0.494 e. The number of ether oxygens (including phenoxy) is 1. The van der Waals surface area contributed by atoms with Crippen LogP contribution in [0.5, 0.6) is 5.75 Å². The highest BCUT2D eigenvalue weighted by Gasteiger charge is 2.26. The van der Waals surface area contributed by atoms with Crippen LogP contribution in [0.3, 0.4) is 0 Å². The van der Waals surface area contributed by atoms with Gasteiger partial charge in [-0.25, -0.2) is 4.98 Å². The maximum absolute atomic E-state index is 13.5. The van der Waals surface area contributed by atoms with Gasteiger partial charge >= 0.3 is 0 Å². The molecule has 2 aromatic carbocycles. The molecule has 0 aliphatic heterocycles. The fraction of sp³-hybridized carbons (Fsp3) is 0.310. The molecule has 5 rings (SSSR count). The van der Waals surface area contributed by atoms with Crippen LogP contribution < -0.4 is 15.8 Å². The number of benzene rings is 2. The van der Waals surface area contributed by atoms with Gasteiger partial charge in [-0.3, -0.25) is 4.79 Å². The van der Waals surface area contributed by atoms with E-state index in [1.54, 1.807) is 0 Å². The van der Waals surface area contributed by atoms with Gasteiger partial charge in [0.2, 0.25) is 0 Å². The lowest BCUT2D eigenvalue weighted by Crippen LogP contribution is -2.14. The van der Waals surface area contributed by atoms with Crippen molar-refractivity contribution in [3.8, 4) is 16.9 Å². The van der Waals surface area contributed by atoms with Crippen molar-refractivity contribution in [3.05, 3.63) is 69.7 Å². The second-order valence-electron chi connectivity index (χ2n) is 9.02. The Morgan fingerprint density at radius 1 is 1.11 bits per heavy atom. The van der Waals surface area contributed by atoms with Crippen LogP contribution in [0.15, 0.2) is 42.5 Å². The van der Waals surface area contributed by atoms with Gasteiger partial charge in [0, 0.05) is 16.8 Å². The number of pyridine rings is 1. The Labute approximate surface area is 210 Å². The van der Waals surface area contributed by atoms with E-state index in [0.29, 0.717) is 17.2 Å². The first kappa shape index (κ1) is 23.4. The number of carbonyl (C=O) groups excluding carboxylic acids is 1. The van der Waals surface area contributed by atoms with Crippen molar-refractivity contribution in [2.45, 2.75) is 52.9 Å². The lowest BCUT2D eigenvalue weighted by molar-refractivity contribution is 0.103. The van der Waals surface area contributed by atoms with Gasteiger partial charge in [0.1, 0.15) is 15.5 Å². The molecular formula is C29H31N3O2S. The second-order valence-corrected chi connectivity index (χ2v) is 10.0. The van der Waals surface area contributed by atoms with Crippen molar-refractivity contribution in [2.75, 3.05) is 17.7 Å². The van der Waals surface area contributed by atoms with Gasteiger partial charge in [0.15, 0.2) is 0 Å². The highest BCUT2D eigenvalue weighted by molar-refractivity contribution is 7.21. The lowest BCUT2D eigenvalue weighted by atomic mass is 9.87. The van der Waals surface area contributed by atoms with Gasteiger partial charge < -0.3 is 15.8 Å². The maximum atomic E-state index is 13.5. The number of aromatic nitrogens is 1. The molecule has 2 aromatic heterocycles. The summed E-state index contributed by atoms with van der Waals surface area (Å²) in [6.07, 6.45) is 5.04. The SMILES string of the molecule is CCOc1ccc(-c2c3c(nc4sc(C(=O)Nc5c(C)cccc5CC)c(N)c24)CCCC3)cc1. The van der Waals surface area contributed by atoms with Gasteiger partial charge in [0.05, 0.1) is 12.3 Å². The van der Waals surface area contributed by atoms with E-state index in [0.717, 1.165) is 81.7 Å². The summed E-state index contributed by atoms with van der Waals surface area (Å²) in [4.78, 5) is 19.8. The molecule has 1 aliphatic rings. The molecule has 180 valence electrons. The van der Waals surface area contributed by atoms with Gasteiger partial charge in [-0.15, -0.1) is 11.3 Å². The number of hydrogen-bond acceptors (Lipinski definition) is 5. The van der Waals surface area contributed by atoms with Gasteiger partial charge in [-0.05, 0) is 85.9 Å². The minimum absolute atomic E-state index is 0.176. The van der Waals surface area contributed by atoms with Crippen molar-refractivity contribution in [1.29, 1.82) is 0 Å². The van der Waals surface area contributed by atoms with Crippen LogP contribution in [0.25, 0.3) is 21.3 Å². The quantitative estimate of drug-likeness (QED) is 0.310. The molecule has 3 N–H and O–H groups in total. The number of thiophene rings is 1. The molecule has 5 nitrogen and oxygen atoms in total. The van der Waals surface area contributed by atoms with E-state index in [4.69, 9.17) is 15.5 Å². The zero-order valence-electron chi connectivity index (χ0n) is 20.5. The molecule has 0 bridgehead atoms. The van der Waals surface area contributed by atoms with Crippen LogP contribution in [0.4, 0.5) is 11.4 Å². The van der Waals surface area contributed by atoms with Crippen molar-refractivity contribution in [2.24, 2.45) is 0 Å². The van der Waals surface area contributed by atoms with Crippen LogP contribution >= 0.6 is 11.3 Å². The van der Waals surface area contributed by atoms with Crippen molar-refractivity contribution in [1.82, 2.24) is 4.98 Å². The summed E-state index contributed by atoms with van der Waals surface area (Å²) in [5.74, 6) is 0.670. The molecule has 0 atom stereocenters. The summed E-state index contributed by atoms with van der Waals surface area (Å²) in [6, 6.07) is 14.3. The third kappa shape index (κ3) is 4.27. The third-order valence-corrected chi connectivity index (χ3v) is 7.89. The second kappa shape index (κ2) is 9.70. The number of para-hydroxylation sites is 1. The number of aryl methyl sites for hydroxylation is 3. The number of fused-ring (bicyclic) bond motifs is 2. The first-order chi connectivity index (χ1) is 17.0. The molecule has 0 saturated carbocycles. The van der Waals surface area contributed by atoms with Crippen LogP contribution in [-0.4, -0.2) is 17.5 Å². The van der Waals surface area contributed by atoms with Crippen molar-refractivity contribution >= 4 is 38.8 Å². The fourth-order valence-electron chi connectivity index (χ4n) is 5.05. The Balaban J connectivity index is 1.64. The predicted molar refractivity (Wildman–Crippen MR) is 146 cm³/mol. The molecule has 0 unspecified atom stereocenters. The monoisotopic (exact) mass is 485 g/mol. The highest BCUT2D eigenvalue weighted by atomic mass is 32.1. The molecule has 0 fully saturated rings. The first-order valence-corrected chi connectivity index (χ1v) is 13.2. The van der Waals surface area contributed by atoms with Crippen LogP contribution in [-0.2, 0) is 19.3 Å². The molecule has 6 heteroatoms. The summed E-state index contributed by atoms with van der Waals surface area (Å²) in [5, 5.41) is 4.04. The van der Waals surface area contributed by atoms with E-state index < -0.39 is 0 Å². The lowest BCUT2D eigenvalue weighted by Gasteiger charge is -2.20.